The van der Waals surface area contributed by atoms with Crippen LogP contribution in [0.5, 0.6) is 5.75 Å². The molecule has 2 fully saturated rings. The predicted molar refractivity (Wildman–Crippen MR) is 207 cm³/mol. The number of nitrogens with zero attached hydrogens (tertiary/aromatic N) is 2. The van der Waals surface area contributed by atoms with Gasteiger partial charge in [0.25, 0.3) is 0 Å². The predicted octanol–water partition coefficient (Wildman–Crippen LogP) is 10.3. The molecule has 1 saturated carbocycles. The lowest BCUT2D eigenvalue weighted by Gasteiger charge is -2.39. The molecule has 278 valence electrons. The topological polar surface area (TPSA) is 51.2 Å². The fourth-order valence-corrected chi connectivity index (χ4v) is 7.33. The molecule has 49 heavy (non-hydrogen) atoms. The molecule has 0 N–H and O–H groups in total. The first-order valence-electron chi connectivity index (χ1n) is 19.0. The summed E-state index contributed by atoms with van der Waals surface area (Å²) in [6.45, 7) is 7.23. The Balaban J connectivity index is 0.00000417. The van der Waals surface area contributed by atoms with Crippen LogP contribution in [-0.4, -0.2) is 68.8 Å². The van der Waals surface area contributed by atoms with Gasteiger partial charge in [-0.3, -0.25) is 9.69 Å². The van der Waals surface area contributed by atoms with Gasteiger partial charge in [0.2, 0.25) is 0 Å². The van der Waals surface area contributed by atoms with E-state index in [2.05, 4.69) is 28.9 Å². The number of hydrogen-bond donors (Lipinski definition) is 0. The highest BCUT2D eigenvalue weighted by Crippen LogP contribution is 2.52. The van der Waals surface area contributed by atoms with Gasteiger partial charge in [-0.15, -0.1) is 24.8 Å². The zero-order chi connectivity index (χ0) is 33.2. The first-order chi connectivity index (χ1) is 23.1. The van der Waals surface area contributed by atoms with Gasteiger partial charge in [0, 0.05) is 38.9 Å². The highest BCUT2D eigenvalue weighted by atomic mass is 35.5. The van der Waals surface area contributed by atoms with Crippen molar-refractivity contribution in [3.8, 4) is 5.75 Å². The summed E-state index contributed by atoms with van der Waals surface area (Å²) in [5, 5.41) is 0. The summed E-state index contributed by atoms with van der Waals surface area (Å²) in [7, 11) is 3.33. The monoisotopic (exact) mass is 720 g/mol. The normalized spacial score (nSPS) is 19.8. The third-order valence-electron chi connectivity index (χ3n) is 10.5. The van der Waals surface area contributed by atoms with Crippen molar-refractivity contribution in [2.45, 2.75) is 134 Å². The summed E-state index contributed by atoms with van der Waals surface area (Å²) in [5.41, 5.74) is 1.17. The number of piperazine rings is 1. The van der Waals surface area contributed by atoms with Crippen LogP contribution in [0.25, 0.3) is 0 Å². The Hall–Kier alpha value is -1.83. The summed E-state index contributed by atoms with van der Waals surface area (Å²) >= 11 is 0. The number of carbonyl (C=O) groups is 1. The Labute approximate surface area is 310 Å². The van der Waals surface area contributed by atoms with Crippen LogP contribution < -0.4 is 4.74 Å². The quantitative estimate of drug-likeness (QED) is 0.0795. The minimum atomic E-state index is -0.775. The van der Waals surface area contributed by atoms with Crippen LogP contribution in [0.2, 0.25) is 0 Å². The van der Waals surface area contributed by atoms with Gasteiger partial charge in [-0.05, 0) is 37.1 Å². The summed E-state index contributed by atoms with van der Waals surface area (Å²) in [6.07, 6.45) is 22.5. The van der Waals surface area contributed by atoms with Crippen molar-refractivity contribution in [1.82, 2.24) is 9.80 Å². The van der Waals surface area contributed by atoms with Crippen LogP contribution in [0.3, 0.4) is 0 Å². The molecule has 1 aliphatic carbocycles. The number of esters is 1. The maximum atomic E-state index is 13.9. The van der Waals surface area contributed by atoms with Gasteiger partial charge in [-0.1, -0.05) is 146 Å². The lowest BCUT2D eigenvalue weighted by molar-refractivity contribution is -0.166. The largest absolute Gasteiger partial charge is 0.497 e. The third-order valence-corrected chi connectivity index (χ3v) is 10.5. The minimum Gasteiger partial charge on any atom is -0.497 e. The maximum absolute atomic E-state index is 13.9. The number of methoxy groups -OCH3 is 2. The lowest BCUT2D eigenvalue weighted by Crippen LogP contribution is -2.49. The molecule has 1 unspecified atom stereocenters. The average Bonchev–Trinajstić information content (AvgIpc) is 3.87. The highest BCUT2D eigenvalue weighted by Gasteiger charge is 2.64. The number of ether oxygens (including phenoxy) is 3. The van der Waals surface area contributed by atoms with Crippen molar-refractivity contribution in [1.29, 1.82) is 0 Å². The Kier molecular flexibility index (Phi) is 21.6. The summed E-state index contributed by atoms with van der Waals surface area (Å²) in [4.78, 5) is 18.9. The number of carbonyl (C=O) groups excluding carboxylic acids is 1. The number of benzene rings is 2. The molecule has 6 nitrogen and oxygen atoms in total. The molecular weight excluding hydrogens is 655 g/mol. The molecule has 0 aromatic heterocycles. The van der Waals surface area contributed by atoms with Crippen LogP contribution >= 0.6 is 24.8 Å². The molecule has 8 heteroatoms. The molecule has 0 radical (unpaired) electrons. The molecule has 2 aromatic carbocycles. The maximum Gasteiger partial charge on any atom is 0.321 e. The Morgan fingerprint density at radius 1 is 0.714 bits per heavy atom. The smallest absolute Gasteiger partial charge is 0.321 e. The Morgan fingerprint density at radius 3 is 1.69 bits per heavy atom. The molecule has 4 rings (SSSR count). The van der Waals surface area contributed by atoms with Crippen molar-refractivity contribution in [2.75, 3.05) is 46.9 Å². The number of hydrogen-bond acceptors (Lipinski definition) is 6. The summed E-state index contributed by atoms with van der Waals surface area (Å²) in [5.74, 6) is 0.561. The van der Waals surface area contributed by atoms with E-state index in [-0.39, 0.29) is 36.9 Å². The van der Waals surface area contributed by atoms with Gasteiger partial charge in [0.15, 0.2) is 6.23 Å². The average molecular weight is 722 g/mol. The van der Waals surface area contributed by atoms with Crippen molar-refractivity contribution >= 4 is 30.8 Å². The van der Waals surface area contributed by atoms with Crippen LogP contribution in [-0.2, 0) is 19.7 Å². The number of rotatable bonds is 24. The van der Waals surface area contributed by atoms with Gasteiger partial charge in [-0.2, -0.15) is 0 Å². The highest BCUT2D eigenvalue weighted by molar-refractivity contribution is 5.88. The van der Waals surface area contributed by atoms with Gasteiger partial charge in [0.05, 0.1) is 13.2 Å². The molecule has 0 spiro atoms. The first-order valence-corrected chi connectivity index (χ1v) is 19.0. The van der Waals surface area contributed by atoms with E-state index in [9.17, 15) is 4.79 Å². The Bertz CT molecular complexity index is 1130. The van der Waals surface area contributed by atoms with Gasteiger partial charge in [0.1, 0.15) is 11.2 Å². The molecule has 1 aliphatic heterocycles. The van der Waals surface area contributed by atoms with Crippen molar-refractivity contribution in [2.24, 2.45) is 0 Å². The second kappa shape index (κ2) is 24.4. The number of halogens is 2. The van der Waals surface area contributed by atoms with E-state index >= 15 is 0 Å². The fraction of sp³-hybridized carbons (Fsp3) is 0.683. The zero-order valence-electron chi connectivity index (χ0n) is 30.8. The SMILES string of the molecule is CCCCCCCCCCCCCCCCCCN1CCN(C(OC(=O)[C@]2(c3ccc(OC)cc3)C[C@@H]2OC)c2ccccc2)CC1.Cl.Cl. The zero-order valence-corrected chi connectivity index (χ0v) is 32.4. The van der Waals surface area contributed by atoms with Crippen LogP contribution in [0.15, 0.2) is 54.6 Å². The van der Waals surface area contributed by atoms with Crippen LogP contribution in [0.1, 0.15) is 133 Å². The van der Waals surface area contributed by atoms with Crippen molar-refractivity contribution < 1.29 is 19.0 Å². The summed E-state index contributed by atoms with van der Waals surface area (Å²) in [6, 6.07) is 18.0. The van der Waals surface area contributed by atoms with E-state index in [0.29, 0.717) is 6.42 Å². The van der Waals surface area contributed by atoms with E-state index in [1.807, 2.05) is 42.5 Å². The Morgan fingerprint density at radius 2 is 1.22 bits per heavy atom. The van der Waals surface area contributed by atoms with Crippen molar-refractivity contribution in [3.05, 3.63) is 65.7 Å². The fourth-order valence-electron chi connectivity index (χ4n) is 7.33. The standard InChI is InChI=1S/C41H64N2O4.2ClH/c1-4-5-6-7-8-9-10-11-12-13-14-15-16-17-18-22-29-42-30-32-43(33-31-42)39(35-23-20-19-21-24-35)47-40(44)41(34-38(41)46-3)36-25-27-37(45-2)28-26-36;;/h19-21,23-28,38-39H,4-18,22,29-34H2,1-3H3;2*1H/t38-,39?,41-;;/m0../s1. The minimum absolute atomic E-state index is 0. The first kappa shape index (κ1) is 43.3. The number of unbranched alkanes of at least 4 members (excludes halogenated alkanes) is 15. The van der Waals surface area contributed by atoms with E-state index < -0.39 is 11.6 Å². The molecular formula is C41H66Cl2N2O4. The third kappa shape index (κ3) is 13.7. The summed E-state index contributed by atoms with van der Waals surface area (Å²) < 4.78 is 17.5. The second-order valence-electron chi connectivity index (χ2n) is 14.0. The molecule has 1 saturated heterocycles. The molecule has 2 aromatic rings. The molecule has 0 amide bonds. The van der Waals surface area contributed by atoms with E-state index in [0.717, 1.165) is 49.6 Å². The van der Waals surface area contributed by atoms with Crippen LogP contribution in [0.4, 0.5) is 0 Å². The lowest BCUT2D eigenvalue weighted by atomic mass is 9.95. The van der Waals surface area contributed by atoms with E-state index in [4.69, 9.17) is 14.2 Å². The van der Waals surface area contributed by atoms with E-state index in [1.165, 1.54) is 103 Å². The van der Waals surface area contributed by atoms with Gasteiger partial charge < -0.3 is 19.1 Å². The molecule has 3 atom stereocenters. The van der Waals surface area contributed by atoms with Gasteiger partial charge in [-0.25, -0.2) is 0 Å². The molecule has 1 heterocycles. The molecule has 2 aliphatic rings. The van der Waals surface area contributed by atoms with Gasteiger partial charge >= 0.3 is 5.97 Å². The van der Waals surface area contributed by atoms with Crippen molar-refractivity contribution in [3.63, 3.8) is 0 Å². The second-order valence-corrected chi connectivity index (χ2v) is 14.0. The van der Waals surface area contributed by atoms with Crippen LogP contribution in [0, 0.1) is 0 Å². The molecule has 0 bridgehead atoms. The van der Waals surface area contributed by atoms with E-state index in [1.54, 1.807) is 14.2 Å².